The average Bonchev–Trinajstić information content (AvgIpc) is 2.68. The van der Waals surface area contributed by atoms with Gasteiger partial charge in [-0.25, -0.2) is 4.79 Å². The van der Waals surface area contributed by atoms with E-state index in [2.05, 4.69) is 37.4 Å². The highest BCUT2D eigenvalue weighted by Gasteiger charge is 2.30. The molecule has 0 aromatic heterocycles. The third-order valence-corrected chi connectivity index (χ3v) is 3.25. The fourth-order valence-corrected chi connectivity index (χ4v) is 2.24. The Morgan fingerprint density at radius 1 is 1.37 bits per heavy atom. The number of rotatable bonds is 2. The monoisotopic (exact) mass is 261 g/mol. The van der Waals surface area contributed by atoms with Gasteiger partial charge in [0.05, 0.1) is 0 Å². The van der Waals surface area contributed by atoms with E-state index in [1.54, 1.807) is 0 Å². The zero-order valence-corrected chi connectivity index (χ0v) is 12.4. The number of fused-ring (bicyclic) bond motifs is 1. The zero-order valence-electron chi connectivity index (χ0n) is 12.4. The lowest BCUT2D eigenvalue weighted by atomic mass is 10.00. The van der Waals surface area contributed by atoms with E-state index in [0.717, 1.165) is 5.69 Å². The number of hydrogen-bond donors (Lipinski definition) is 1. The summed E-state index contributed by atoms with van der Waals surface area (Å²) in [5.74, 6) is 0.322. The van der Waals surface area contributed by atoms with Gasteiger partial charge in [-0.15, -0.1) is 0 Å². The van der Waals surface area contributed by atoms with Crippen molar-refractivity contribution in [2.45, 2.75) is 58.6 Å². The molecule has 0 amide bonds. The van der Waals surface area contributed by atoms with E-state index >= 15 is 0 Å². The normalized spacial score (nSPS) is 18.1. The molecule has 0 saturated carbocycles. The van der Waals surface area contributed by atoms with Crippen LogP contribution in [0.5, 0.6) is 0 Å². The van der Waals surface area contributed by atoms with Crippen LogP contribution in [0.15, 0.2) is 18.2 Å². The van der Waals surface area contributed by atoms with Crippen molar-refractivity contribution in [2.75, 3.05) is 5.32 Å². The molecule has 3 nitrogen and oxygen atoms in total. The molecule has 0 saturated heterocycles. The maximum atomic E-state index is 12.1. The highest BCUT2D eigenvalue weighted by Crippen LogP contribution is 2.30. The summed E-state index contributed by atoms with van der Waals surface area (Å²) in [6.07, 6.45) is 0.711. The lowest BCUT2D eigenvalue weighted by molar-refractivity contribution is -0.155. The molecule has 1 aromatic rings. The first kappa shape index (κ1) is 13.9. The summed E-state index contributed by atoms with van der Waals surface area (Å²) in [7, 11) is 0. The van der Waals surface area contributed by atoms with Gasteiger partial charge in [0.25, 0.3) is 0 Å². The van der Waals surface area contributed by atoms with Crippen LogP contribution in [0, 0.1) is 0 Å². The maximum absolute atomic E-state index is 12.1. The Bertz CT molecular complexity index is 486. The van der Waals surface area contributed by atoms with Crippen molar-refractivity contribution >= 4 is 11.7 Å². The van der Waals surface area contributed by atoms with Gasteiger partial charge in [-0.05, 0) is 43.9 Å². The number of nitrogens with one attached hydrogen (secondary N) is 1. The van der Waals surface area contributed by atoms with Crippen LogP contribution in [-0.2, 0) is 16.0 Å². The van der Waals surface area contributed by atoms with Gasteiger partial charge in [-0.2, -0.15) is 0 Å². The standard InChI is InChI=1S/C16H23NO2/c1-10(2)11-6-7-12-9-14(17-13(12)8-11)15(18)19-16(3,4)5/h6-8,10,14,17H,9H2,1-5H3. The van der Waals surface area contributed by atoms with Crippen LogP contribution in [0.4, 0.5) is 5.69 Å². The summed E-state index contributed by atoms with van der Waals surface area (Å²) >= 11 is 0. The minimum atomic E-state index is -0.434. The predicted octanol–water partition coefficient (Wildman–Crippen LogP) is 3.49. The number of anilines is 1. The molecule has 0 aliphatic carbocycles. The van der Waals surface area contributed by atoms with Crippen molar-refractivity contribution in [2.24, 2.45) is 0 Å². The van der Waals surface area contributed by atoms with Gasteiger partial charge < -0.3 is 10.1 Å². The second-order valence-corrected chi connectivity index (χ2v) is 6.51. The number of carbonyl (C=O) groups is 1. The van der Waals surface area contributed by atoms with E-state index < -0.39 is 5.60 Å². The van der Waals surface area contributed by atoms with E-state index in [1.165, 1.54) is 11.1 Å². The van der Waals surface area contributed by atoms with E-state index in [-0.39, 0.29) is 12.0 Å². The number of benzene rings is 1. The second kappa shape index (κ2) is 4.87. The van der Waals surface area contributed by atoms with E-state index in [1.807, 2.05) is 20.8 Å². The zero-order chi connectivity index (χ0) is 14.2. The molecule has 2 rings (SSSR count). The van der Waals surface area contributed by atoms with Crippen molar-refractivity contribution in [3.63, 3.8) is 0 Å². The van der Waals surface area contributed by atoms with E-state index in [4.69, 9.17) is 4.74 Å². The van der Waals surface area contributed by atoms with Crippen LogP contribution in [0.1, 0.15) is 51.7 Å². The smallest absolute Gasteiger partial charge is 0.329 e. The van der Waals surface area contributed by atoms with Crippen LogP contribution >= 0.6 is 0 Å². The highest BCUT2D eigenvalue weighted by atomic mass is 16.6. The lowest BCUT2D eigenvalue weighted by Crippen LogP contribution is -2.35. The number of carbonyl (C=O) groups excluding carboxylic acids is 1. The summed E-state index contributed by atoms with van der Waals surface area (Å²) in [6, 6.07) is 6.14. The summed E-state index contributed by atoms with van der Waals surface area (Å²) in [5, 5.41) is 3.28. The van der Waals surface area contributed by atoms with Gasteiger partial charge in [0.2, 0.25) is 0 Å². The molecular weight excluding hydrogens is 238 g/mol. The van der Waals surface area contributed by atoms with Crippen LogP contribution < -0.4 is 5.32 Å². The first-order valence-corrected chi connectivity index (χ1v) is 6.88. The van der Waals surface area contributed by atoms with E-state index in [9.17, 15) is 4.79 Å². The van der Waals surface area contributed by atoms with Crippen molar-refractivity contribution in [3.8, 4) is 0 Å². The molecule has 1 aliphatic heterocycles. The van der Waals surface area contributed by atoms with E-state index in [0.29, 0.717) is 12.3 Å². The fourth-order valence-electron chi connectivity index (χ4n) is 2.24. The lowest BCUT2D eigenvalue weighted by Gasteiger charge is -2.22. The third-order valence-electron chi connectivity index (χ3n) is 3.25. The molecular formula is C16H23NO2. The molecule has 104 valence electrons. The summed E-state index contributed by atoms with van der Waals surface area (Å²) in [5.41, 5.74) is 3.12. The minimum Gasteiger partial charge on any atom is -0.458 e. The first-order chi connectivity index (χ1) is 8.76. The molecule has 0 fully saturated rings. The SMILES string of the molecule is CC(C)c1ccc2c(c1)NC(C(=O)OC(C)(C)C)C2. The van der Waals surface area contributed by atoms with Crippen molar-refractivity contribution in [1.82, 2.24) is 0 Å². The molecule has 1 atom stereocenters. The predicted molar refractivity (Wildman–Crippen MR) is 77.5 cm³/mol. The summed E-state index contributed by atoms with van der Waals surface area (Å²) < 4.78 is 5.43. The number of hydrogen-bond acceptors (Lipinski definition) is 3. The van der Waals surface area contributed by atoms with Crippen molar-refractivity contribution < 1.29 is 9.53 Å². The maximum Gasteiger partial charge on any atom is 0.329 e. The molecule has 1 N–H and O–H groups in total. The molecule has 0 spiro atoms. The molecule has 1 aromatic carbocycles. The van der Waals surface area contributed by atoms with Crippen LogP contribution in [-0.4, -0.2) is 17.6 Å². The van der Waals surface area contributed by atoms with Gasteiger partial charge in [0.15, 0.2) is 0 Å². The van der Waals surface area contributed by atoms with Crippen molar-refractivity contribution in [3.05, 3.63) is 29.3 Å². The molecule has 1 aliphatic rings. The number of ether oxygens (including phenoxy) is 1. The highest BCUT2D eigenvalue weighted by molar-refractivity contribution is 5.83. The quantitative estimate of drug-likeness (QED) is 0.828. The first-order valence-electron chi connectivity index (χ1n) is 6.88. The van der Waals surface area contributed by atoms with Gasteiger partial charge in [0, 0.05) is 12.1 Å². The Labute approximate surface area is 115 Å². The topological polar surface area (TPSA) is 38.3 Å². The Hall–Kier alpha value is -1.51. The Kier molecular flexibility index (Phi) is 3.57. The van der Waals surface area contributed by atoms with Crippen LogP contribution in [0.3, 0.4) is 0 Å². The van der Waals surface area contributed by atoms with Gasteiger partial charge in [0.1, 0.15) is 11.6 Å². The second-order valence-electron chi connectivity index (χ2n) is 6.51. The summed E-state index contributed by atoms with van der Waals surface area (Å²) in [4.78, 5) is 12.1. The third kappa shape index (κ3) is 3.28. The molecule has 19 heavy (non-hydrogen) atoms. The number of esters is 1. The van der Waals surface area contributed by atoms with Gasteiger partial charge >= 0.3 is 5.97 Å². The van der Waals surface area contributed by atoms with Crippen molar-refractivity contribution in [1.29, 1.82) is 0 Å². The summed E-state index contributed by atoms with van der Waals surface area (Å²) in [6.45, 7) is 10.0. The Balaban J connectivity index is 2.10. The molecule has 0 radical (unpaired) electrons. The molecule has 0 bridgehead atoms. The van der Waals surface area contributed by atoms with Crippen LogP contribution in [0.2, 0.25) is 0 Å². The molecule has 1 heterocycles. The van der Waals surface area contributed by atoms with Gasteiger partial charge in [-0.3, -0.25) is 0 Å². The Morgan fingerprint density at radius 2 is 2.05 bits per heavy atom. The average molecular weight is 261 g/mol. The Morgan fingerprint density at radius 3 is 2.63 bits per heavy atom. The molecule has 3 heteroatoms. The van der Waals surface area contributed by atoms with Gasteiger partial charge in [-0.1, -0.05) is 26.0 Å². The van der Waals surface area contributed by atoms with Crippen LogP contribution in [0.25, 0.3) is 0 Å². The molecule has 1 unspecified atom stereocenters. The fraction of sp³-hybridized carbons (Fsp3) is 0.562. The minimum absolute atomic E-state index is 0.171. The largest absolute Gasteiger partial charge is 0.458 e.